The summed E-state index contributed by atoms with van der Waals surface area (Å²) >= 11 is 0. The third kappa shape index (κ3) is 2.19. The van der Waals surface area contributed by atoms with E-state index in [1.165, 1.54) is 30.3 Å². The van der Waals surface area contributed by atoms with Gasteiger partial charge in [0.25, 0.3) is 10.0 Å². The van der Waals surface area contributed by atoms with Crippen LogP contribution >= 0.6 is 0 Å². The molecule has 2 heterocycles. The summed E-state index contributed by atoms with van der Waals surface area (Å²) < 4.78 is 31.7. The summed E-state index contributed by atoms with van der Waals surface area (Å²) in [4.78, 5) is 11.3. The van der Waals surface area contributed by atoms with E-state index in [4.69, 9.17) is 4.42 Å². The average molecular weight is 341 g/mol. The number of hydrogen-bond donors (Lipinski definition) is 0. The zero-order chi connectivity index (χ0) is 16.9. The molecule has 0 aliphatic heterocycles. The molecule has 4 aromatic rings. The molecule has 0 fully saturated rings. The Hall–Kier alpha value is -3.00. The molecule has 0 unspecified atom stereocenters. The van der Waals surface area contributed by atoms with E-state index in [2.05, 4.69) is 10.3 Å². The maximum atomic E-state index is 12.9. The number of fused-ring (bicyclic) bond motifs is 2. The van der Waals surface area contributed by atoms with E-state index in [1.54, 1.807) is 18.2 Å². The Morgan fingerprint density at radius 2 is 1.88 bits per heavy atom. The topological polar surface area (TPSA) is 95.1 Å². The average Bonchev–Trinajstić information content (AvgIpc) is 2.97. The van der Waals surface area contributed by atoms with Crippen LogP contribution in [0, 0.1) is 6.92 Å². The lowest BCUT2D eigenvalue weighted by atomic mass is 10.2. The van der Waals surface area contributed by atoms with Gasteiger partial charge in [0.2, 0.25) is 0 Å². The Kier molecular flexibility index (Phi) is 3.04. The summed E-state index contributed by atoms with van der Waals surface area (Å²) in [6.07, 6.45) is 0. The molecule has 0 saturated heterocycles. The molecule has 0 atom stereocenters. The van der Waals surface area contributed by atoms with Crippen molar-refractivity contribution in [2.75, 3.05) is 0 Å². The largest absolute Gasteiger partial charge is 0.423 e. The quantitative estimate of drug-likeness (QED) is 0.518. The van der Waals surface area contributed by atoms with Gasteiger partial charge in [-0.05, 0) is 48.9 Å². The van der Waals surface area contributed by atoms with Crippen molar-refractivity contribution in [3.05, 3.63) is 64.5 Å². The summed E-state index contributed by atoms with van der Waals surface area (Å²) in [7, 11) is -3.91. The summed E-state index contributed by atoms with van der Waals surface area (Å²) in [6.45, 7) is 1.89. The Morgan fingerprint density at radius 3 is 2.71 bits per heavy atom. The first kappa shape index (κ1) is 14.6. The van der Waals surface area contributed by atoms with Crippen LogP contribution in [-0.4, -0.2) is 22.8 Å². The highest BCUT2D eigenvalue weighted by molar-refractivity contribution is 7.90. The second-order valence-electron chi connectivity index (χ2n) is 5.38. The minimum absolute atomic E-state index is 0.0382. The van der Waals surface area contributed by atoms with Gasteiger partial charge in [-0.15, -0.1) is 9.19 Å². The van der Waals surface area contributed by atoms with E-state index in [1.807, 2.05) is 6.92 Å². The van der Waals surface area contributed by atoms with E-state index in [9.17, 15) is 13.2 Å². The number of aromatic nitrogens is 3. The molecule has 2 aromatic heterocycles. The van der Waals surface area contributed by atoms with Crippen LogP contribution in [0.25, 0.3) is 22.0 Å². The van der Waals surface area contributed by atoms with Gasteiger partial charge in [-0.25, -0.2) is 4.79 Å². The molecule has 0 radical (unpaired) electrons. The second-order valence-corrected chi connectivity index (χ2v) is 7.15. The molecule has 120 valence electrons. The third-order valence-corrected chi connectivity index (χ3v) is 5.26. The molecule has 24 heavy (non-hydrogen) atoms. The fourth-order valence-electron chi connectivity index (χ4n) is 2.50. The molecule has 7 nitrogen and oxygen atoms in total. The fraction of sp³-hybridized carbons (Fsp3) is 0.0625. The molecule has 0 amide bonds. The minimum atomic E-state index is -3.91. The first-order valence-corrected chi connectivity index (χ1v) is 8.51. The van der Waals surface area contributed by atoms with Gasteiger partial charge >= 0.3 is 5.63 Å². The molecule has 0 bridgehead atoms. The van der Waals surface area contributed by atoms with Crippen molar-refractivity contribution in [3.63, 3.8) is 0 Å². The summed E-state index contributed by atoms with van der Waals surface area (Å²) in [6, 6.07) is 12.3. The van der Waals surface area contributed by atoms with E-state index >= 15 is 0 Å². The predicted octanol–water partition coefficient (Wildman–Crippen LogP) is 2.08. The molecule has 0 aliphatic rings. The molecule has 0 saturated carbocycles. The minimum Gasteiger partial charge on any atom is -0.423 e. The zero-order valence-electron chi connectivity index (χ0n) is 12.5. The van der Waals surface area contributed by atoms with Gasteiger partial charge in [0.15, 0.2) is 0 Å². The number of benzene rings is 2. The number of hydrogen-bond acceptors (Lipinski definition) is 6. The van der Waals surface area contributed by atoms with Crippen molar-refractivity contribution in [1.82, 2.24) is 14.4 Å². The van der Waals surface area contributed by atoms with E-state index in [0.29, 0.717) is 22.0 Å². The number of rotatable bonds is 2. The highest BCUT2D eigenvalue weighted by Crippen LogP contribution is 2.22. The van der Waals surface area contributed by atoms with Crippen LogP contribution in [0.4, 0.5) is 0 Å². The van der Waals surface area contributed by atoms with Crippen LogP contribution in [0.1, 0.15) is 5.56 Å². The monoisotopic (exact) mass is 341 g/mol. The number of aryl methyl sites for hydroxylation is 1. The van der Waals surface area contributed by atoms with Gasteiger partial charge in [0.1, 0.15) is 16.6 Å². The Labute approximate surface area is 136 Å². The lowest BCUT2D eigenvalue weighted by molar-refractivity contribution is 0.560. The van der Waals surface area contributed by atoms with Gasteiger partial charge in [-0.3, -0.25) is 0 Å². The fourth-order valence-corrected chi connectivity index (χ4v) is 3.76. The molecule has 8 heteroatoms. The van der Waals surface area contributed by atoms with Gasteiger partial charge < -0.3 is 4.42 Å². The molecular formula is C16H11N3O4S. The van der Waals surface area contributed by atoms with Gasteiger partial charge in [-0.2, -0.15) is 8.42 Å². The van der Waals surface area contributed by atoms with Crippen molar-refractivity contribution >= 4 is 32.0 Å². The van der Waals surface area contributed by atoms with Crippen molar-refractivity contribution < 1.29 is 12.8 Å². The molecule has 2 aromatic carbocycles. The molecule has 4 rings (SSSR count). The molecular weight excluding hydrogens is 330 g/mol. The van der Waals surface area contributed by atoms with Gasteiger partial charge in [0, 0.05) is 11.5 Å². The lowest BCUT2D eigenvalue weighted by Gasteiger charge is -2.06. The normalized spacial score (nSPS) is 12.0. The first-order chi connectivity index (χ1) is 11.4. The van der Waals surface area contributed by atoms with Crippen LogP contribution < -0.4 is 5.63 Å². The van der Waals surface area contributed by atoms with Crippen LogP contribution in [-0.2, 0) is 10.0 Å². The maximum absolute atomic E-state index is 12.9. The standard InChI is InChI=1S/C16H11N3O4S/c1-10-2-5-14-13(8-10)17-18-19(14)24(21,22)12-4-6-15-11(9-12)3-7-16(20)23-15/h2-9H,1H3. The van der Waals surface area contributed by atoms with E-state index in [0.717, 1.165) is 9.65 Å². The highest BCUT2D eigenvalue weighted by Gasteiger charge is 2.22. The summed E-state index contributed by atoms with van der Waals surface area (Å²) in [5.74, 6) is 0. The van der Waals surface area contributed by atoms with Gasteiger partial charge in [0.05, 0.1) is 4.90 Å². The lowest BCUT2D eigenvalue weighted by Crippen LogP contribution is -2.14. The molecule has 0 spiro atoms. The van der Waals surface area contributed by atoms with Crippen molar-refractivity contribution in [3.8, 4) is 0 Å². The van der Waals surface area contributed by atoms with Crippen LogP contribution in [0.15, 0.2) is 62.6 Å². The van der Waals surface area contributed by atoms with E-state index in [-0.39, 0.29) is 4.90 Å². The molecule has 0 aliphatic carbocycles. The second kappa shape index (κ2) is 5.00. The Balaban J connectivity index is 1.93. The zero-order valence-corrected chi connectivity index (χ0v) is 13.3. The van der Waals surface area contributed by atoms with Crippen molar-refractivity contribution in [1.29, 1.82) is 0 Å². The smallest absolute Gasteiger partial charge is 0.336 e. The highest BCUT2D eigenvalue weighted by atomic mass is 32.2. The third-order valence-electron chi connectivity index (χ3n) is 3.69. The van der Waals surface area contributed by atoms with Crippen LogP contribution in [0.2, 0.25) is 0 Å². The molecule has 0 N–H and O–H groups in total. The Morgan fingerprint density at radius 1 is 1.04 bits per heavy atom. The SMILES string of the molecule is Cc1ccc2c(c1)nnn2S(=O)(=O)c1ccc2oc(=O)ccc2c1. The van der Waals surface area contributed by atoms with Crippen molar-refractivity contribution in [2.24, 2.45) is 0 Å². The summed E-state index contributed by atoms with van der Waals surface area (Å²) in [5.41, 5.74) is 1.70. The van der Waals surface area contributed by atoms with E-state index < -0.39 is 15.6 Å². The Bertz CT molecular complexity index is 1260. The first-order valence-electron chi connectivity index (χ1n) is 7.07. The van der Waals surface area contributed by atoms with Crippen LogP contribution in [0.3, 0.4) is 0 Å². The number of nitrogens with zero attached hydrogens (tertiary/aromatic N) is 3. The van der Waals surface area contributed by atoms with Crippen molar-refractivity contribution in [2.45, 2.75) is 11.8 Å². The van der Waals surface area contributed by atoms with Gasteiger partial charge in [-0.1, -0.05) is 11.3 Å². The predicted molar refractivity (Wildman–Crippen MR) is 87.3 cm³/mol. The maximum Gasteiger partial charge on any atom is 0.336 e. The summed E-state index contributed by atoms with van der Waals surface area (Å²) in [5, 5.41) is 8.21. The van der Waals surface area contributed by atoms with Crippen LogP contribution in [0.5, 0.6) is 0 Å².